The van der Waals surface area contributed by atoms with E-state index in [1.807, 2.05) is 12.1 Å². The minimum atomic E-state index is 0.0243. The fraction of sp³-hybridized carbons (Fsp3) is 0.214. The predicted molar refractivity (Wildman–Crippen MR) is 77.5 cm³/mol. The topological polar surface area (TPSA) is 74.2 Å². The lowest BCUT2D eigenvalue weighted by molar-refractivity contribution is 0.454. The van der Waals surface area contributed by atoms with Crippen molar-refractivity contribution in [1.82, 2.24) is 15.0 Å². The van der Waals surface area contributed by atoms with E-state index in [0.717, 1.165) is 29.8 Å². The van der Waals surface area contributed by atoms with Crippen molar-refractivity contribution < 1.29 is 5.11 Å². The molecule has 3 heterocycles. The van der Waals surface area contributed by atoms with Gasteiger partial charge >= 0.3 is 0 Å². The van der Waals surface area contributed by atoms with Gasteiger partial charge in [-0.05, 0) is 25.0 Å². The Balaban J connectivity index is 1.75. The SMILES string of the molecule is Oc1nc(C2CC2)[nH]c1/C=C1/C=Nc2ncc(Cl)cc21. The van der Waals surface area contributed by atoms with Crippen molar-refractivity contribution in [3.8, 4) is 5.88 Å². The summed E-state index contributed by atoms with van der Waals surface area (Å²) in [6, 6.07) is 1.82. The molecule has 2 aromatic heterocycles. The minimum Gasteiger partial charge on any atom is -0.492 e. The van der Waals surface area contributed by atoms with Crippen LogP contribution in [0.5, 0.6) is 5.88 Å². The van der Waals surface area contributed by atoms with Crippen LogP contribution in [0.1, 0.15) is 35.8 Å². The highest BCUT2D eigenvalue weighted by molar-refractivity contribution is 6.31. The molecule has 0 saturated heterocycles. The first kappa shape index (κ1) is 11.7. The molecular formula is C14H11ClN4O. The van der Waals surface area contributed by atoms with Gasteiger partial charge in [0.2, 0.25) is 5.88 Å². The zero-order valence-corrected chi connectivity index (χ0v) is 11.2. The summed E-state index contributed by atoms with van der Waals surface area (Å²) in [4.78, 5) is 15.7. The quantitative estimate of drug-likeness (QED) is 0.889. The highest BCUT2D eigenvalue weighted by atomic mass is 35.5. The van der Waals surface area contributed by atoms with E-state index in [1.165, 1.54) is 0 Å². The number of pyridine rings is 1. The van der Waals surface area contributed by atoms with Crippen LogP contribution in [0, 0.1) is 0 Å². The molecule has 1 saturated carbocycles. The maximum Gasteiger partial charge on any atom is 0.237 e. The number of allylic oxidation sites excluding steroid dienone is 1. The Morgan fingerprint density at radius 3 is 3.05 bits per heavy atom. The van der Waals surface area contributed by atoms with E-state index in [2.05, 4.69) is 19.9 Å². The van der Waals surface area contributed by atoms with Gasteiger partial charge in [-0.3, -0.25) is 0 Å². The molecule has 0 unspecified atom stereocenters. The van der Waals surface area contributed by atoms with Gasteiger partial charge < -0.3 is 10.1 Å². The third-order valence-corrected chi connectivity index (χ3v) is 3.67. The standard InChI is InChI=1S/C14H11ClN4O/c15-9-4-10-8(5-16-13(10)17-6-9)3-11-14(20)19-12(18-11)7-1-2-7/h3-7,20H,1-2H2,(H,18,19)/b8-3-. The summed E-state index contributed by atoms with van der Waals surface area (Å²) in [6.07, 6.45) is 7.37. The van der Waals surface area contributed by atoms with Gasteiger partial charge in [-0.15, -0.1) is 0 Å². The lowest BCUT2D eigenvalue weighted by Gasteiger charge is -1.99. The smallest absolute Gasteiger partial charge is 0.237 e. The van der Waals surface area contributed by atoms with Crippen LogP contribution in [0.15, 0.2) is 17.3 Å². The number of aromatic nitrogens is 3. The van der Waals surface area contributed by atoms with Gasteiger partial charge in [0.05, 0.1) is 5.02 Å². The van der Waals surface area contributed by atoms with Crippen LogP contribution < -0.4 is 0 Å². The van der Waals surface area contributed by atoms with E-state index in [0.29, 0.717) is 22.5 Å². The van der Waals surface area contributed by atoms with Crippen molar-refractivity contribution in [2.24, 2.45) is 4.99 Å². The van der Waals surface area contributed by atoms with E-state index < -0.39 is 0 Å². The van der Waals surface area contributed by atoms with Gasteiger partial charge in [0.25, 0.3) is 0 Å². The third kappa shape index (κ3) is 1.91. The molecule has 2 aromatic rings. The first-order chi connectivity index (χ1) is 9.70. The second-order valence-corrected chi connectivity index (χ2v) is 5.45. The molecule has 0 spiro atoms. The first-order valence-electron chi connectivity index (χ1n) is 6.41. The van der Waals surface area contributed by atoms with Gasteiger partial charge in [0.15, 0.2) is 5.82 Å². The molecule has 0 radical (unpaired) electrons. The second-order valence-electron chi connectivity index (χ2n) is 5.02. The molecule has 2 N–H and O–H groups in total. The Labute approximate surface area is 120 Å². The minimum absolute atomic E-state index is 0.0243. The van der Waals surface area contributed by atoms with E-state index in [1.54, 1.807) is 12.4 Å². The molecule has 20 heavy (non-hydrogen) atoms. The number of nitrogens with one attached hydrogen (secondary N) is 1. The van der Waals surface area contributed by atoms with Crippen molar-refractivity contribution in [2.45, 2.75) is 18.8 Å². The van der Waals surface area contributed by atoms with Gasteiger partial charge in [0, 0.05) is 29.5 Å². The van der Waals surface area contributed by atoms with Crippen molar-refractivity contribution >= 4 is 35.3 Å². The molecule has 1 aliphatic carbocycles. The molecule has 1 fully saturated rings. The third-order valence-electron chi connectivity index (χ3n) is 3.46. The van der Waals surface area contributed by atoms with Gasteiger partial charge in [-0.25, -0.2) is 9.98 Å². The summed E-state index contributed by atoms with van der Waals surface area (Å²) >= 11 is 5.96. The Kier molecular flexibility index (Phi) is 2.44. The van der Waals surface area contributed by atoms with E-state index in [9.17, 15) is 5.11 Å². The van der Waals surface area contributed by atoms with Crippen LogP contribution in [0.25, 0.3) is 11.6 Å². The van der Waals surface area contributed by atoms with Crippen LogP contribution in [0.4, 0.5) is 5.82 Å². The Bertz CT molecular complexity index is 759. The van der Waals surface area contributed by atoms with Crippen LogP contribution in [0.2, 0.25) is 5.02 Å². The average Bonchev–Trinajstić information content (AvgIpc) is 3.12. The van der Waals surface area contributed by atoms with Crippen LogP contribution >= 0.6 is 11.6 Å². The lowest BCUT2D eigenvalue weighted by Crippen LogP contribution is -1.84. The van der Waals surface area contributed by atoms with E-state index in [4.69, 9.17) is 11.6 Å². The molecule has 5 nitrogen and oxygen atoms in total. The van der Waals surface area contributed by atoms with Crippen LogP contribution in [-0.4, -0.2) is 26.3 Å². The summed E-state index contributed by atoms with van der Waals surface area (Å²) in [6.45, 7) is 0. The van der Waals surface area contributed by atoms with Gasteiger partial charge in [0.1, 0.15) is 11.5 Å². The predicted octanol–water partition coefficient (Wildman–Crippen LogP) is 3.30. The molecule has 0 bridgehead atoms. The fourth-order valence-corrected chi connectivity index (χ4v) is 2.42. The Morgan fingerprint density at radius 2 is 2.25 bits per heavy atom. The van der Waals surface area contributed by atoms with E-state index in [-0.39, 0.29) is 5.88 Å². The zero-order chi connectivity index (χ0) is 13.7. The number of aromatic amines is 1. The van der Waals surface area contributed by atoms with Crippen molar-refractivity contribution in [2.75, 3.05) is 0 Å². The molecule has 1 aliphatic heterocycles. The summed E-state index contributed by atoms with van der Waals surface area (Å²) in [7, 11) is 0. The Morgan fingerprint density at radius 1 is 1.40 bits per heavy atom. The average molecular weight is 287 g/mol. The van der Waals surface area contributed by atoms with Crippen molar-refractivity contribution in [1.29, 1.82) is 0 Å². The Hall–Kier alpha value is -2.14. The maximum atomic E-state index is 9.90. The summed E-state index contributed by atoms with van der Waals surface area (Å²) in [5.41, 5.74) is 2.32. The number of imidazole rings is 1. The number of fused-ring (bicyclic) bond motifs is 1. The molecule has 2 aliphatic rings. The maximum absolute atomic E-state index is 9.90. The zero-order valence-electron chi connectivity index (χ0n) is 10.5. The number of H-pyrrole nitrogens is 1. The number of rotatable bonds is 2. The highest BCUT2D eigenvalue weighted by Gasteiger charge is 2.28. The highest BCUT2D eigenvalue weighted by Crippen LogP contribution is 2.40. The monoisotopic (exact) mass is 286 g/mol. The molecule has 100 valence electrons. The summed E-state index contributed by atoms with van der Waals surface area (Å²) in [5.74, 6) is 1.99. The van der Waals surface area contributed by atoms with E-state index >= 15 is 0 Å². The summed E-state index contributed by atoms with van der Waals surface area (Å²) in [5, 5.41) is 10.5. The number of aliphatic imine (C=N–C) groups is 1. The molecule has 6 heteroatoms. The molecule has 0 aromatic carbocycles. The van der Waals surface area contributed by atoms with Crippen molar-refractivity contribution in [3.63, 3.8) is 0 Å². The number of hydrogen-bond acceptors (Lipinski definition) is 4. The van der Waals surface area contributed by atoms with Crippen LogP contribution in [-0.2, 0) is 0 Å². The largest absolute Gasteiger partial charge is 0.492 e. The van der Waals surface area contributed by atoms with Crippen molar-refractivity contribution in [3.05, 3.63) is 34.4 Å². The number of halogens is 1. The molecular weight excluding hydrogens is 276 g/mol. The lowest BCUT2D eigenvalue weighted by atomic mass is 10.1. The number of aromatic hydroxyl groups is 1. The summed E-state index contributed by atoms with van der Waals surface area (Å²) < 4.78 is 0. The van der Waals surface area contributed by atoms with Gasteiger partial charge in [-0.1, -0.05) is 11.6 Å². The molecule has 4 rings (SSSR count). The van der Waals surface area contributed by atoms with Crippen LogP contribution in [0.3, 0.4) is 0 Å². The first-order valence-corrected chi connectivity index (χ1v) is 6.79. The molecule has 0 amide bonds. The number of hydrogen-bond donors (Lipinski definition) is 2. The molecule has 0 atom stereocenters. The fourth-order valence-electron chi connectivity index (χ4n) is 2.27. The second kappa shape index (κ2) is 4.18. The van der Waals surface area contributed by atoms with Gasteiger partial charge in [-0.2, -0.15) is 4.98 Å². The normalized spacial score (nSPS) is 18.8. The number of nitrogens with zero attached hydrogens (tertiary/aromatic N) is 3.